The van der Waals surface area contributed by atoms with Crippen LogP contribution in [0.2, 0.25) is 0 Å². The Kier molecular flexibility index (Phi) is 3.25. The maximum atomic E-state index is 11.1. The van der Waals surface area contributed by atoms with E-state index in [4.69, 9.17) is 5.73 Å². The van der Waals surface area contributed by atoms with Crippen LogP contribution >= 0.6 is 0 Å². The van der Waals surface area contributed by atoms with E-state index in [2.05, 4.69) is 13.8 Å². The van der Waals surface area contributed by atoms with E-state index in [1.807, 2.05) is 0 Å². The van der Waals surface area contributed by atoms with Gasteiger partial charge in [-0.25, -0.2) is 0 Å². The maximum Gasteiger partial charge on any atom is 0.0582 e. The minimum absolute atomic E-state index is 0.105. The molecule has 8 unspecified atom stereocenters. The van der Waals surface area contributed by atoms with Gasteiger partial charge in [-0.1, -0.05) is 26.7 Å². The van der Waals surface area contributed by atoms with Gasteiger partial charge in [0.1, 0.15) is 0 Å². The predicted molar refractivity (Wildman–Crippen MR) is 85.7 cm³/mol. The van der Waals surface area contributed by atoms with Crippen LogP contribution in [0.5, 0.6) is 0 Å². The molecule has 4 aliphatic rings. The monoisotopic (exact) mass is 291 g/mol. The third kappa shape index (κ3) is 1.84. The van der Waals surface area contributed by atoms with Crippen molar-refractivity contribution in [3.8, 4) is 0 Å². The first-order chi connectivity index (χ1) is 9.97. The maximum absolute atomic E-state index is 11.1. The summed E-state index contributed by atoms with van der Waals surface area (Å²) in [6.45, 7) is 4.90. The van der Waals surface area contributed by atoms with E-state index in [-0.39, 0.29) is 11.5 Å². The third-order valence-corrected chi connectivity index (χ3v) is 8.58. The van der Waals surface area contributed by atoms with Crippen LogP contribution < -0.4 is 5.73 Å². The standard InChI is InChI=1S/C19H33NO/c1-18-10-4-3-5-12(18)6-7-13-14-8-9-16(20)19(14,2)11-15(21)17(13)18/h12-17,21H,3-11,20H2,1-2H3. The van der Waals surface area contributed by atoms with Gasteiger partial charge in [-0.05, 0) is 79.4 Å². The molecule has 4 rings (SSSR count). The van der Waals surface area contributed by atoms with Crippen LogP contribution in [0.25, 0.3) is 0 Å². The average molecular weight is 291 g/mol. The number of rotatable bonds is 0. The van der Waals surface area contributed by atoms with E-state index >= 15 is 0 Å². The number of nitrogens with two attached hydrogens (primary N) is 1. The third-order valence-electron chi connectivity index (χ3n) is 8.58. The first-order valence-electron chi connectivity index (χ1n) is 9.40. The average Bonchev–Trinajstić information content (AvgIpc) is 2.73. The van der Waals surface area contributed by atoms with Gasteiger partial charge >= 0.3 is 0 Å². The highest BCUT2D eigenvalue weighted by Gasteiger charge is 2.61. The van der Waals surface area contributed by atoms with Crippen molar-refractivity contribution in [3.05, 3.63) is 0 Å². The Hall–Kier alpha value is -0.0800. The topological polar surface area (TPSA) is 46.2 Å². The van der Waals surface area contributed by atoms with Crippen molar-refractivity contribution in [1.29, 1.82) is 0 Å². The second-order valence-electron chi connectivity index (χ2n) is 9.28. The molecule has 0 aromatic carbocycles. The highest BCUT2D eigenvalue weighted by atomic mass is 16.3. The van der Waals surface area contributed by atoms with Crippen LogP contribution in [0.1, 0.15) is 71.6 Å². The summed E-state index contributed by atoms with van der Waals surface area (Å²) in [5, 5.41) is 11.1. The fourth-order valence-corrected chi connectivity index (χ4v) is 7.46. The second kappa shape index (κ2) is 4.71. The molecule has 4 fully saturated rings. The molecule has 2 heteroatoms. The molecule has 0 aromatic rings. The summed E-state index contributed by atoms with van der Waals surface area (Å²) in [4.78, 5) is 0. The molecule has 4 saturated carbocycles. The largest absolute Gasteiger partial charge is 0.393 e. The van der Waals surface area contributed by atoms with Crippen molar-refractivity contribution in [2.45, 2.75) is 83.8 Å². The van der Waals surface area contributed by atoms with Gasteiger partial charge in [0.2, 0.25) is 0 Å². The summed E-state index contributed by atoms with van der Waals surface area (Å²) < 4.78 is 0. The summed E-state index contributed by atoms with van der Waals surface area (Å²) in [5.41, 5.74) is 7.08. The molecule has 0 aromatic heterocycles. The molecule has 0 aliphatic heterocycles. The zero-order valence-electron chi connectivity index (χ0n) is 13.9. The SMILES string of the molecule is CC12CC(O)C3C(CCC4CCCCC43C)C1CCC2N. The number of aliphatic hydroxyl groups is 1. The normalized spacial score (nSPS) is 60.0. The molecule has 4 aliphatic carbocycles. The van der Waals surface area contributed by atoms with E-state index in [0.29, 0.717) is 17.4 Å². The Morgan fingerprint density at radius 3 is 2.57 bits per heavy atom. The zero-order valence-corrected chi connectivity index (χ0v) is 13.9. The van der Waals surface area contributed by atoms with Gasteiger partial charge < -0.3 is 10.8 Å². The molecule has 0 radical (unpaired) electrons. The number of fused-ring (bicyclic) bond motifs is 5. The Balaban J connectivity index is 1.70. The van der Waals surface area contributed by atoms with E-state index < -0.39 is 0 Å². The van der Waals surface area contributed by atoms with E-state index in [1.54, 1.807) is 0 Å². The van der Waals surface area contributed by atoms with Crippen molar-refractivity contribution in [3.63, 3.8) is 0 Å². The highest BCUT2D eigenvalue weighted by Crippen LogP contribution is 2.65. The molecule has 0 heterocycles. The minimum atomic E-state index is -0.105. The lowest BCUT2D eigenvalue weighted by atomic mass is 9.44. The summed E-state index contributed by atoms with van der Waals surface area (Å²) in [5.74, 6) is 2.95. The van der Waals surface area contributed by atoms with Crippen LogP contribution in [0.3, 0.4) is 0 Å². The quantitative estimate of drug-likeness (QED) is 0.714. The number of aliphatic hydroxyl groups excluding tert-OH is 1. The number of hydrogen-bond acceptors (Lipinski definition) is 2. The lowest BCUT2D eigenvalue weighted by molar-refractivity contribution is -0.164. The van der Waals surface area contributed by atoms with Crippen molar-refractivity contribution in [2.24, 2.45) is 40.2 Å². The van der Waals surface area contributed by atoms with Gasteiger partial charge in [0, 0.05) is 6.04 Å². The lowest BCUT2D eigenvalue weighted by Crippen LogP contribution is -2.59. The molecule has 0 saturated heterocycles. The molecule has 0 spiro atoms. The van der Waals surface area contributed by atoms with Gasteiger partial charge in [0.15, 0.2) is 0 Å². The van der Waals surface area contributed by atoms with Gasteiger partial charge in [0.25, 0.3) is 0 Å². The first kappa shape index (κ1) is 14.5. The Morgan fingerprint density at radius 1 is 0.952 bits per heavy atom. The summed E-state index contributed by atoms with van der Waals surface area (Å²) in [6.07, 6.45) is 11.7. The second-order valence-corrected chi connectivity index (χ2v) is 9.28. The smallest absolute Gasteiger partial charge is 0.0582 e. The molecule has 0 amide bonds. The van der Waals surface area contributed by atoms with Gasteiger partial charge in [0.05, 0.1) is 6.10 Å². The summed E-state index contributed by atoms with van der Waals surface area (Å²) >= 11 is 0. The Morgan fingerprint density at radius 2 is 1.76 bits per heavy atom. The van der Waals surface area contributed by atoms with Gasteiger partial charge in [-0.3, -0.25) is 0 Å². The predicted octanol–water partition coefficient (Wildman–Crippen LogP) is 3.72. The van der Waals surface area contributed by atoms with Crippen LogP contribution in [-0.2, 0) is 0 Å². The van der Waals surface area contributed by atoms with Crippen molar-refractivity contribution in [1.82, 2.24) is 0 Å². The molecule has 8 atom stereocenters. The molecule has 3 N–H and O–H groups in total. The van der Waals surface area contributed by atoms with Gasteiger partial charge in [-0.15, -0.1) is 0 Å². The van der Waals surface area contributed by atoms with E-state index in [1.165, 1.54) is 51.4 Å². The van der Waals surface area contributed by atoms with Gasteiger partial charge in [-0.2, -0.15) is 0 Å². The fourth-order valence-electron chi connectivity index (χ4n) is 7.46. The molecule has 120 valence electrons. The summed E-state index contributed by atoms with van der Waals surface area (Å²) in [6, 6.07) is 0.315. The fraction of sp³-hybridized carbons (Fsp3) is 1.00. The van der Waals surface area contributed by atoms with E-state index in [9.17, 15) is 5.11 Å². The van der Waals surface area contributed by atoms with Crippen LogP contribution in [0.4, 0.5) is 0 Å². The van der Waals surface area contributed by atoms with Crippen molar-refractivity contribution >= 4 is 0 Å². The molecule has 21 heavy (non-hydrogen) atoms. The molecular weight excluding hydrogens is 258 g/mol. The van der Waals surface area contributed by atoms with E-state index in [0.717, 1.165) is 24.2 Å². The minimum Gasteiger partial charge on any atom is -0.393 e. The van der Waals surface area contributed by atoms with Crippen LogP contribution in [0, 0.1) is 34.5 Å². The highest BCUT2D eigenvalue weighted by molar-refractivity contribution is 5.12. The lowest BCUT2D eigenvalue weighted by Gasteiger charge is -2.61. The Bertz CT molecular complexity index is 424. The molecule has 2 nitrogen and oxygen atoms in total. The van der Waals surface area contributed by atoms with Crippen molar-refractivity contribution < 1.29 is 5.11 Å². The zero-order chi connectivity index (χ0) is 14.8. The molecule has 0 bridgehead atoms. The van der Waals surface area contributed by atoms with Crippen LogP contribution in [0.15, 0.2) is 0 Å². The summed E-state index contributed by atoms with van der Waals surface area (Å²) in [7, 11) is 0. The molecular formula is C19H33NO. The Labute approximate surface area is 129 Å². The number of hydrogen-bond donors (Lipinski definition) is 2. The van der Waals surface area contributed by atoms with Crippen molar-refractivity contribution in [2.75, 3.05) is 0 Å². The van der Waals surface area contributed by atoms with Crippen LogP contribution in [-0.4, -0.2) is 17.3 Å². The first-order valence-corrected chi connectivity index (χ1v) is 9.40.